The average molecular weight is 388 g/mol. The topological polar surface area (TPSA) is 26.3 Å². The van der Waals surface area contributed by atoms with Crippen LogP contribution in [0.2, 0.25) is 0 Å². The number of rotatable bonds is 3. The van der Waals surface area contributed by atoms with Crippen molar-refractivity contribution in [1.82, 2.24) is 0 Å². The highest BCUT2D eigenvalue weighted by Crippen LogP contribution is 2.52. The summed E-state index contributed by atoms with van der Waals surface area (Å²) in [5.41, 5.74) is -1.76. The molecule has 0 aromatic heterocycles. The maximum Gasteiger partial charge on any atom is 0.346 e. The highest BCUT2D eigenvalue weighted by Gasteiger charge is 2.65. The lowest BCUT2D eigenvalue weighted by Crippen LogP contribution is -2.49. The third-order valence-corrected chi connectivity index (χ3v) is 6.44. The number of hydrogen-bond acceptors (Lipinski definition) is 2. The standard InChI is InChI=1S/C21H28F4O2/c1-13-3-7-15(8-4-13)17-11-12-18(21(24,25)20(17,22)23)19(26)27-16-9-5-14(2)6-10-16/h11-16H,3-10H2,1-2H3. The minimum Gasteiger partial charge on any atom is -0.459 e. The van der Waals surface area contributed by atoms with E-state index in [1.165, 1.54) is 0 Å². The SMILES string of the molecule is CC1CCC(OC(=O)C2=CC=C(C3CCC(C)CC3)C(F)(F)C2(F)F)CC1. The molecule has 3 aliphatic rings. The number of alkyl halides is 4. The van der Waals surface area contributed by atoms with Gasteiger partial charge < -0.3 is 4.74 Å². The number of ether oxygens (including phenoxy) is 1. The smallest absolute Gasteiger partial charge is 0.346 e. The van der Waals surface area contributed by atoms with Crippen LogP contribution in [0, 0.1) is 17.8 Å². The van der Waals surface area contributed by atoms with Crippen molar-refractivity contribution in [3.8, 4) is 0 Å². The Bertz CT molecular complexity index is 622. The monoisotopic (exact) mass is 388 g/mol. The van der Waals surface area contributed by atoms with Crippen LogP contribution < -0.4 is 0 Å². The number of carbonyl (C=O) groups is 1. The molecule has 0 spiro atoms. The highest BCUT2D eigenvalue weighted by molar-refractivity contribution is 5.92. The molecule has 0 N–H and O–H groups in total. The lowest BCUT2D eigenvalue weighted by molar-refractivity contribution is -0.181. The van der Waals surface area contributed by atoms with Gasteiger partial charge in [-0.3, -0.25) is 0 Å². The van der Waals surface area contributed by atoms with Gasteiger partial charge in [0.05, 0.1) is 0 Å². The molecular formula is C21H28F4O2. The van der Waals surface area contributed by atoms with Crippen LogP contribution in [-0.2, 0) is 9.53 Å². The summed E-state index contributed by atoms with van der Waals surface area (Å²) in [4.78, 5) is 12.2. The molecule has 0 aromatic carbocycles. The van der Waals surface area contributed by atoms with Crippen molar-refractivity contribution >= 4 is 5.97 Å². The van der Waals surface area contributed by atoms with Crippen LogP contribution in [0.3, 0.4) is 0 Å². The Morgan fingerprint density at radius 1 is 0.852 bits per heavy atom. The van der Waals surface area contributed by atoms with E-state index >= 15 is 0 Å². The maximum absolute atomic E-state index is 14.7. The predicted molar refractivity (Wildman–Crippen MR) is 94.7 cm³/mol. The molecule has 0 radical (unpaired) electrons. The van der Waals surface area contributed by atoms with Crippen LogP contribution in [0.5, 0.6) is 0 Å². The third-order valence-electron chi connectivity index (χ3n) is 6.44. The second-order valence-electron chi connectivity index (χ2n) is 8.60. The molecule has 0 amide bonds. The van der Waals surface area contributed by atoms with E-state index in [1.54, 1.807) is 0 Å². The summed E-state index contributed by atoms with van der Waals surface area (Å²) < 4.78 is 63.8. The van der Waals surface area contributed by atoms with Crippen molar-refractivity contribution in [3.05, 3.63) is 23.3 Å². The van der Waals surface area contributed by atoms with Crippen LogP contribution in [-0.4, -0.2) is 23.9 Å². The van der Waals surface area contributed by atoms with Gasteiger partial charge in [0, 0.05) is 5.57 Å². The van der Waals surface area contributed by atoms with Gasteiger partial charge in [0.2, 0.25) is 0 Å². The van der Waals surface area contributed by atoms with Crippen molar-refractivity contribution in [2.75, 3.05) is 0 Å². The molecular weight excluding hydrogens is 360 g/mol. The van der Waals surface area contributed by atoms with E-state index in [0.717, 1.165) is 37.8 Å². The van der Waals surface area contributed by atoms with Gasteiger partial charge in [-0.05, 0) is 62.4 Å². The molecule has 0 unspecified atom stereocenters. The Hall–Kier alpha value is -1.33. The number of halogens is 4. The van der Waals surface area contributed by atoms with E-state index in [9.17, 15) is 22.4 Å². The molecule has 0 heterocycles. The largest absolute Gasteiger partial charge is 0.459 e. The Kier molecular flexibility index (Phi) is 5.74. The van der Waals surface area contributed by atoms with Gasteiger partial charge in [-0.25, -0.2) is 4.79 Å². The summed E-state index contributed by atoms with van der Waals surface area (Å²) in [6.45, 7) is 4.12. The molecule has 2 fully saturated rings. The first-order valence-electron chi connectivity index (χ1n) is 10.0. The zero-order valence-electron chi connectivity index (χ0n) is 15.9. The predicted octanol–water partition coefficient (Wildman–Crippen LogP) is 6.07. The van der Waals surface area contributed by atoms with E-state index in [2.05, 4.69) is 6.92 Å². The van der Waals surface area contributed by atoms with E-state index in [4.69, 9.17) is 4.74 Å². The molecule has 0 saturated heterocycles. The average Bonchev–Trinajstić information content (AvgIpc) is 2.60. The van der Waals surface area contributed by atoms with Gasteiger partial charge in [0.15, 0.2) is 0 Å². The van der Waals surface area contributed by atoms with Gasteiger partial charge in [-0.15, -0.1) is 0 Å². The second kappa shape index (κ2) is 7.59. The van der Waals surface area contributed by atoms with Gasteiger partial charge in [-0.2, -0.15) is 17.6 Å². The Labute approximate surface area is 158 Å². The zero-order chi connectivity index (χ0) is 19.8. The Morgan fingerprint density at radius 3 is 1.93 bits per heavy atom. The normalized spacial score (nSPS) is 35.8. The first-order valence-corrected chi connectivity index (χ1v) is 10.0. The van der Waals surface area contributed by atoms with E-state index in [1.807, 2.05) is 6.92 Å². The van der Waals surface area contributed by atoms with Crippen molar-refractivity contribution in [2.24, 2.45) is 17.8 Å². The fourth-order valence-electron chi connectivity index (χ4n) is 4.45. The van der Waals surface area contributed by atoms with Gasteiger partial charge in [0.1, 0.15) is 11.7 Å². The van der Waals surface area contributed by atoms with Gasteiger partial charge in [0.25, 0.3) is 0 Å². The molecule has 152 valence electrons. The summed E-state index contributed by atoms with van der Waals surface area (Å²) in [6.07, 6.45) is 6.75. The molecule has 0 aliphatic heterocycles. The van der Waals surface area contributed by atoms with Crippen LogP contribution in [0.1, 0.15) is 65.2 Å². The maximum atomic E-state index is 14.7. The first-order chi connectivity index (χ1) is 12.6. The Balaban J connectivity index is 1.77. The molecule has 0 atom stereocenters. The zero-order valence-corrected chi connectivity index (χ0v) is 15.9. The van der Waals surface area contributed by atoms with Crippen LogP contribution in [0.25, 0.3) is 0 Å². The summed E-state index contributed by atoms with van der Waals surface area (Å²) >= 11 is 0. The van der Waals surface area contributed by atoms with Crippen molar-refractivity contribution in [3.63, 3.8) is 0 Å². The molecule has 2 nitrogen and oxygen atoms in total. The second-order valence-corrected chi connectivity index (χ2v) is 8.60. The van der Waals surface area contributed by atoms with E-state index in [-0.39, 0.29) is 0 Å². The number of allylic oxidation sites excluding steroid dienone is 3. The van der Waals surface area contributed by atoms with Gasteiger partial charge in [-0.1, -0.05) is 32.8 Å². The minimum atomic E-state index is -4.54. The summed E-state index contributed by atoms with van der Waals surface area (Å²) in [6, 6.07) is 0. The molecule has 2 saturated carbocycles. The van der Waals surface area contributed by atoms with Crippen LogP contribution in [0.4, 0.5) is 17.6 Å². The summed E-state index contributed by atoms with van der Waals surface area (Å²) in [5, 5.41) is 0. The van der Waals surface area contributed by atoms with Crippen molar-refractivity contribution < 1.29 is 27.1 Å². The lowest BCUT2D eigenvalue weighted by Gasteiger charge is -2.38. The van der Waals surface area contributed by atoms with Crippen LogP contribution >= 0.6 is 0 Å². The number of esters is 1. The summed E-state index contributed by atoms with van der Waals surface area (Å²) in [5.74, 6) is -9.84. The molecule has 0 aromatic rings. The van der Waals surface area contributed by atoms with Crippen LogP contribution in [0.15, 0.2) is 23.3 Å². The molecule has 6 heteroatoms. The summed E-state index contributed by atoms with van der Waals surface area (Å²) in [7, 11) is 0. The molecule has 27 heavy (non-hydrogen) atoms. The van der Waals surface area contributed by atoms with Gasteiger partial charge >= 0.3 is 17.8 Å². The molecule has 3 rings (SSSR count). The third kappa shape index (κ3) is 3.95. The first kappa shape index (κ1) is 20.4. The minimum absolute atomic E-state index is 0.430. The fourth-order valence-corrected chi connectivity index (χ4v) is 4.45. The van der Waals surface area contributed by atoms with E-state index in [0.29, 0.717) is 37.5 Å². The van der Waals surface area contributed by atoms with Crippen molar-refractivity contribution in [1.29, 1.82) is 0 Å². The van der Waals surface area contributed by atoms with Crippen molar-refractivity contribution in [2.45, 2.75) is 83.2 Å². The van der Waals surface area contributed by atoms with E-state index < -0.39 is 41.0 Å². The number of hydrogen-bond donors (Lipinski definition) is 0. The quantitative estimate of drug-likeness (QED) is 0.433. The lowest BCUT2D eigenvalue weighted by atomic mass is 9.74. The highest BCUT2D eigenvalue weighted by atomic mass is 19.3. The fraction of sp³-hybridized carbons (Fsp3) is 0.762. The number of carbonyl (C=O) groups excluding carboxylic acids is 1. The molecule has 0 bridgehead atoms. The molecule has 3 aliphatic carbocycles. The Morgan fingerprint density at radius 2 is 1.37 bits per heavy atom.